The number of hydrogen-bond donors (Lipinski definition) is 0. The van der Waals surface area contributed by atoms with E-state index in [1.54, 1.807) is 18.2 Å². The van der Waals surface area contributed by atoms with Crippen LogP contribution in [-0.2, 0) is 0 Å². The van der Waals surface area contributed by atoms with Crippen molar-refractivity contribution in [2.45, 2.75) is 82.3 Å². The normalized spacial score (nSPS) is 31.1. The first-order valence-corrected chi connectivity index (χ1v) is 12.6. The average molecular weight is 351 g/mol. The van der Waals surface area contributed by atoms with Gasteiger partial charge >= 0.3 is 0 Å². The third kappa shape index (κ3) is 4.68. The largest absolute Gasteiger partial charge is 0.204 e. The van der Waals surface area contributed by atoms with Crippen molar-refractivity contribution in [3.8, 4) is 0 Å². The molecular formula is C21H32F2Si. The molecule has 0 radical (unpaired) electrons. The molecule has 0 aromatic heterocycles. The summed E-state index contributed by atoms with van der Waals surface area (Å²) in [5.74, 6) is 0.883. The monoisotopic (exact) mass is 350 g/mol. The molecule has 0 spiro atoms. The van der Waals surface area contributed by atoms with Crippen LogP contribution >= 0.6 is 0 Å². The van der Waals surface area contributed by atoms with E-state index < -0.39 is 11.6 Å². The van der Waals surface area contributed by atoms with Gasteiger partial charge < -0.3 is 0 Å². The van der Waals surface area contributed by atoms with E-state index in [0.717, 1.165) is 30.2 Å². The van der Waals surface area contributed by atoms with Gasteiger partial charge in [0.2, 0.25) is 0 Å². The Morgan fingerprint density at radius 1 is 0.875 bits per heavy atom. The molecule has 1 heterocycles. The molecule has 0 atom stereocenters. The second-order valence-electron chi connectivity index (χ2n) is 8.26. The van der Waals surface area contributed by atoms with Gasteiger partial charge in [-0.1, -0.05) is 56.8 Å². The fraction of sp³-hybridized carbons (Fsp3) is 0.714. The summed E-state index contributed by atoms with van der Waals surface area (Å²) in [5, 5.41) is 0. The van der Waals surface area contributed by atoms with Gasteiger partial charge in [-0.3, -0.25) is 0 Å². The van der Waals surface area contributed by atoms with Crippen LogP contribution in [0.1, 0.15) is 69.8 Å². The van der Waals surface area contributed by atoms with Gasteiger partial charge in [0.05, 0.1) is 0 Å². The molecule has 2 aliphatic rings. The number of benzene rings is 1. The summed E-state index contributed by atoms with van der Waals surface area (Å²) in [6, 6.07) is 9.15. The first kappa shape index (κ1) is 18.1. The molecule has 1 aliphatic carbocycles. The van der Waals surface area contributed by atoms with Crippen LogP contribution in [0, 0.1) is 23.5 Å². The Balaban J connectivity index is 1.40. The topological polar surface area (TPSA) is 0 Å². The Hall–Kier alpha value is -0.703. The minimum absolute atomic E-state index is 0.311. The minimum atomic E-state index is -0.728. The molecule has 0 amide bonds. The first-order chi connectivity index (χ1) is 11.7. The molecule has 3 rings (SSSR count). The highest BCUT2D eigenvalue weighted by Crippen LogP contribution is 2.39. The van der Waals surface area contributed by atoms with E-state index in [1.165, 1.54) is 56.7 Å². The van der Waals surface area contributed by atoms with Gasteiger partial charge in [-0.15, -0.1) is 0 Å². The summed E-state index contributed by atoms with van der Waals surface area (Å²) < 4.78 is 26.5. The maximum Gasteiger partial charge on any atom is 0.159 e. The van der Waals surface area contributed by atoms with E-state index in [1.807, 2.05) is 0 Å². The molecule has 1 aromatic carbocycles. The van der Waals surface area contributed by atoms with Gasteiger partial charge in [-0.2, -0.15) is 0 Å². The van der Waals surface area contributed by atoms with Gasteiger partial charge in [0, 0.05) is 8.80 Å². The summed E-state index contributed by atoms with van der Waals surface area (Å²) >= 11 is 0. The molecule has 134 valence electrons. The SMILES string of the molecule is CC[Si@H]1CC[C@H](CCC2CCC(c3ccc(F)c(F)c3)CC2)CC1. The molecule has 1 aliphatic heterocycles. The molecule has 1 saturated carbocycles. The standard InChI is InChI=1S/C21H32F2Si/c1-2-24-13-11-17(12-14-24)4-3-16-5-7-18(8-6-16)19-9-10-20(22)21(23)15-19/h9-10,15-18,24H,2-8,11-14H2,1H3/t16?,17-,18?,24-. The van der Waals surface area contributed by atoms with E-state index in [9.17, 15) is 8.78 Å². The van der Waals surface area contributed by atoms with Crippen LogP contribution < -0.4 is 0 Å². The summed E-state index contributed by atoms with van der Waals surface area (Å²) in [7, 11) is -0.311. The van der Waals surface area contributed by atoms with Crippen LogP contribution in [0.2, 0.25) is 18.1 Å². The van der Waals surface area contributed by atoms with Crippen molar-refractivity contribution in [2.24, 2.45) is 11.8 Å². The minimum Gasteiger partial charge on any atom is -0.204 e. The van der Waals surface area contributed by atoms with Crippen molar-refractivity contribution in [1.29, 1.82) is 0 Å². The third-order valence-electron chi connectivity index (χ3n) is 6.79. The van der Waals surface area contributed by atoms with Crippen LogP contribution in [0.25, 0.3) is 0 Å². The zero-order chi connectivity index (χ0) is 16.9. The van der Waals surface area contributed by atoms with Crippen molar-refractivity contribution in [3.63, 3.8) is 0 Å². The van der Waals surface area contributed by atoms with Crippen molar-refractivity contribution in [1.82, 2.24) is 0 Å². The Bertz CT molecular complexity index is 515. The molecule has 1 aromatic rings. The van der Waals surface area contributed by atoms with Gasteiger partial charge in [-0.25, -0.2) is 8.78 Å². The maximum atomic E-state index is 13.4. The lowest BCUT2D eigenvalue weighted by molar-refractivity contribution is 0.280. The zero-order valence-corrected chi connectivity index (χ0v) is 16.2. The smallest absolute Gasteiger partial charge is 0.159 e. The highest BCUT2D eigenvalue weighted by Gasteiger charge is 2.25. The lowest BCUT2D eigenvalue weighted by Gasteiger charge is -2.31. The molecule has 0 N–H and O–H groups in total. The van der Waals surface area contributed by atoms with Crippen LogP contribution in [0.5, 0.6) is 0 Å². The van der Waals surface area contributed by atoms with E-state index in [4.69, 9.17) is 0 Å². The van der Waals surface area contributed by atoms with E-state index in [2.05, 4.69) is 6.92 Å². The van der Waals surface area contributed by atoms with Gasteiger partial charge in [0.15, 0.2) is 11.6 Å². The quantitative estimate of drug-likeness (QED) is 0.520. The predicted molar refractivity (Wildman–Crippen MR) is 100 cm³/mol. The molecule has 2 fully saturated rings. The van der Waals surface area contributed by atoms with E-state index >= 15 is 0 Å². The Morgan fingerprint density at radius 2 is 1.50 bits per heavy atom. The third-order valence-corrected chi connectivity index (χ3v) is 10.2. The van der Waals surface area contributed by atoms with Gasteiger partial charge in [0.25, 0.3) is 0 Å². The van der Waals surface area contributed by atoms with Crippen molar-refractivity contribution < 1.29 is 8.78 Å². The Kier molecular flexibility index (Phi) is 6.48. The van der Waals surface area contributed by atoms with Crippen LogP contribution in [0.4, 0.5) is 8.78 Å². The Labute approximate surface area is 147 Å². The summed E-state index contributed by atoms with van der Waals surface area (Å²) in [6.45, 7) is 2.39. The van der Waals surface area contributed by atoms with Crippen LogP contribution in [0.3, 0.4) is 0 Å². The van der Waals surface area contributed by atoms with Crippen molar-refractivity contribution in [2.75, 3.05) is 0 Å². The second-order valence-corrected chi connectivity index (χ2v) is 12.0. The van der Waals surface area contributed by atoms with Gasteiger partial charge in [-0.05, 0) is 61.1 Å². The summed E-state index contributed by atoms with van der Waals surface area (Å²) in [5.41, 5.74) is 0.996. The molecular weight excluding hydrogens is 318 g/mol. The number of hydrogen-bond acceptors (Lipinski definition) is 0. The molecule has 24 heavy (non-hydrogen) atoms. The molecule has 0 bridgehead atoms. The lowest BCUT2D eigenvalue weighted by Crippen LogP contribution is -2.21. The maximum absolute atomic E-state index is 13.4. The van der Waals surface area contributed by atoms with E-state index in [-0.39, 0.29) is 8.80 Å². The van der Waals surface area contributed by atoms with Gasteiger partial charge in [0.1, 0.15) is 0 Å². The molecule has 0 unspecified atom stereocenters. The second kappa shape index (κ2) is 8.60. The fourth-order valence-electron chi connectivity index (χ4n) is 4.95. The zero-order valence-electron chi connectivity index (χ0n) is 15.1. The van der Waals surface area contributed by atoms with E-state index in [0.29, 0.717) is 5.92 Å². The van der Waals surface area contributed by atoms with Crippen LogP contribution in [-0.4, -0.2) is 8.80 Å². The predicted octanol–water partition coefficient (Wildman–Crippen LogP) is 6.68. The molecule has 1 saturated heterocycles. The van der Waals surface area contributed by atoms with Crippen molar-refractivity contribution in [3.05, 3.63) is 35.4 Å². The van der Waals surface area contributed by atoms with Crippen LogP contribution in [0.15, 0.2) is 18.2 Å². The fourth-order valence-corrected chi connectivity index (χ4v) is 7.94. The highest BCUT2D eigenvalue weighted by atomic mass is 28.3. The molecule has 0 nitrogen and oxygen atoms in total. The number of rotatable bonds is 5. The molecule has 3 heteroatoms. The summed E-state index contributed by atoms with van der Waals surface area (Å²) in [4.78, 5) is 0. The lowest BCUT2D eigenvalue weighted by atomic mass is 9.76. The summed E-state index contributed by atoms with van der Waals surface area (Å²) in [6.07, 6.45) is 10.7. The van der Waals surface area contributed by atoms with Crippen molar-refractivity contribution >= 4 is 8.80 Å². The first-order valence-electron chi connectivity index (χ1n) is 10.1. The highest BCUT2D eigenvalue weighted by molar-refractivity contribution is 6.58. The Morgan fingerprint density at radius 3 is 2.08 bits per heavy atom. The average Bonchev–Trinajstić information content (AvgIpc) is 2.63. The number of halogens is 2.